The fraction of sp³-hybridized carbons (Fsp3) is 0.667. The lowest BCUT2D eigenvalue weighted by Gasteiger charge is -2.32. The number of hydrogen-bond acceptors (Lipinski definition) is 2. The van der Waals surface area contributed by atoms with E-state index in [-0.39, 0.29) is 0 Å². The zero-order valence-electron chi connectivity index (χ0n) is 13.1. The maximum Gasteiger partial charge on any atom is 0.124 e. The Hall–Kier alpha value is -0.540. The van der Waals surface area contributed by atoms with E-state index in [0.717, 1.165) is 41.1 Å². The molecule has 116 valence electrons. The highest BCUT2D eigenvalue weighted by Gasteiger charge is 2.43. The van der Waals surface area contributed by atoms with Crippen molar-refractivity contribution in [1.82, 2.24) is 5.32 Å². The zero-order chi connectivity index (χ0) is 14.8. The molecule has 1 aromatic rings. The van der Waals surface area contributed by atoms with Gasteiger partial charge in [-0.1, -0.05) is 29.3 Å². The first-order valence-corrected chi connectivity index (χ1v) is 9.17. The third-order valence-corrected chi connectivity index (χ3v) is 5.74. The molecular formula is C18H26BrNO. The highest BCUT2D eigenvalue weighted by molar-refractivity contribution is 9.10. The Morgan fingerprint density at radius 3 is 2.76 bits per heavy atom. The lowest BCUT2D eigenvalue weighted by Crippen LogP contribution is -2.31. The van der Waals surface area contributed by atoms with Gasteiger partial charge in [-0.05, 0) is 68.7 Å². The van der Waals surface area contributed by atoms with Crippen molar-refractivity contribution in [2.75, 3.05) is 13.2 Å². The van der Waals surface area contributed by atoms with Gasteiger partial charge < -0.3 is 10.1 Å². The van der Waals surface area contributed by atoms with Crippen molar-refractivity contribution in [3.8, 4) is 5.75 Å². The number of hydrogen-bond donors (Lipinski definition) is 1. The Balaban J connectivity index is 1.91. The molecule has 3 rings (SSSR count). The van der Waals surface area contributed by atoms with Crippen molar-refractivity contribution < 1.29 is 4.74 Å². The Morgan fingerprint density at radius 2 is 2.14 bits per heavy atom. The third kappa shape index (κ3) is 3.14. The first kappa shape index (κ1) is 15.4. The second kappa shape index (κ2) is 6.70. The smallest absolute Gasteiger partial charge is 0.124 e. The van der Waals surface area contributed by atoms with Gasteiger partial charge in [0.15, 0.2) is 0 Å². The van der Waals surface area contributed by atoms with Crippen LogP contribution in [0, 0.1) is 17.8 Å². The summed E-state index contributed by atoms with van der Waals surface area (Å²) in [5.74, 6) is 3.71. The minimum atomic E-state index is 0.435. The minimum absolute atomic E-state index is 0.435. The van der Waals surface area contributed by atoms with Crippen LogP contribution in [0.3, 0.4) is 0 Å². The second-order valence-corrected chi connectivity index (χ2v) is 7.40. The largest absolute Gasteiger partial charge is 0.494 e. The summed E-state index contributed by atoms with van der Waals surface area (Å²) in [5.41, 5.74) is 1.34. The van der Waals surface area contributed by atoms with Crippen LogP contribution in [0.1, 0.15) is 51.1 Å². The van der Waals surface area contributed by atoms with Crippen LogP contribution in [0.4, 0.5) is 0 Å². The number of fused-ring (bicyclic) bond motifs is 2. The first-order valence-electron chi connectivity index (χ1n) is 8.38. The van der Waals surface area contributed by atoms with E-state index in [0.29, 0.717) is 6.04 Å². The van der Waals surface area contributed by atoms with Crippen LogP contribution in [0.15, 0.2) is 22.7 Å². The van der Waals surface area contributed by atoms with Crippen molar-refractivity contribution in [1.29, 1.82) is 0 Å². The Labute approximate surface area is 136 Å². The molecule has 2 aliphatic carbocycles. The van der Waals surface area contributed by atoms with E-state index in [4.69, 9.17) is 4.74 Å². The molecular weight excluding hydrogens is 326 g/mol. The quantitative estimate of drug-likeness (QED) is 0.783. The molecule has 2 nitrogen and oxygen atoms in total. The van der Waals surface area contributed by atoms with Crippen LogP contribution in [0.25, 0.3) is 0 Å². The molecule has 4 unspecified atom stereocenters. The van der Waals surface area contributed by atoms with Gasteiger partial charge in [-0.2, -0.15) is 0 Å². The second-order valence-electron chi connectivity index (χ2n) is 6.49. The lowest BCUT2D eigenvalue weighted by molar-refractivity contribution is 0.244. The molecule has 3 heteroatoms. The molecule has 1 N–H and O–H groups in total. The molecule has 0 amide bonds. The van der Waals surface area contributed by atoms with Gasteiger partial charge in [0.1, 0.15) is 5.75 Å². The molecule has 1 aromatic carbocycles. The number of halogens is 1. The summed E-state index contributed by atoms with van der Waals surface area (Å²) in [6.07, 6.45) is 5.72. The molecule has 0 aliphatic heterocycles. The fourth-order valence-electron chi connectivity index (χ4n) is 4.46. The first-order chi connectivity index (χ1) is 10.2. The Kier molecular flexibility index (Phi) is 4.90. The highest BCUT2D eigenvalue weighted by Crippen LogP contribution is 2.53. The summed E-state index contributed by atoms with van der Waals surface area (Å²) < 4.78 is 7.04. The van der Waals surface area contributed by atoms with E-state index >= 15 is 0 Å². The van der Waals surface area contributed by atoms with Crippen molar-refractivity contribution in [3.63, 3.8) is 0 Å². The van der Waals surface area contributed by atoms with E-state index in [1.54, 1.807) is 0 Å². The molecule has 0 saturated heterocycles. The van der Waals surface area contributed by atoms with Gasteiger partial charge in [0.05, 0.1) is 6.61 Å². The molecule has 0 aromatic heterocycles. The summed E-state index contributed by atoms with van der Waals surface area (Å²) in [7, 11) is 0. The van der Waals surface area contributed by atoms with Gasteiger partial charge in [0.2, 0.25) is 0 Å². The van der Waals surface area contributed by atoms with Crippen molar-refractivity contribution >= 4 is 15.9 Å². The van der Waals surface area contributed by atoms with Crippen molar-refractivity contribution in [3.05, 3.63) is 28.2 Å². The summed E-state index contributed by atoms with van der Waals surface area (Å²) >= 11 is 3.63. The number of nitrogens with one attached hydrogen (secondary N) is 1. The molecule has 0 heterocycles. The lowest BCUT2D eigenvalue weighted by atomic mass is 9.80. The van der Waals surface area contributed by atoms with Crippen LogP contribution in [0.2, 0.25) is 0 Å². The predicted octanol–water partition coefficient (Wildman–Crippen LogP) is 4.93. The standard InChI is InChI=1S/C18H26BrNO/c1-3-20-18(15-10-12-5-6-13(15)9-12)16-11-14(19)7-8-17(16)21-4-2/h7-8,11-13,15,18,20H,3-6,9-10H2,1-2H3. The molecule has 0 radical (unpaired) electrons. The van der Waals surface area contributed by atoms with E-state index < -0.39 is 0 Å². The molecule has 2 aliphatic rings. The monoisotopic (exact) mass is 351 g/mol. The van der Waals surface area contributed by atoms with Crippen molar-refractivity contribution in [2.45, 2.75) is 45.6 Å². The molecule has 2 fully saturated rings. The van der Waals surface area contributed by atoms with Crippen molar-refractivity contribution in [2.24, 2.45) is 17.8 Å². The maximum absolute atomic E-state index is 5.90. The van der Waals surface area contributed by atoms with Gasteiger partial charge >= 0.3 is 0 Å². The predicted molar refractivity (Wildman–Crippen MR) is 90.7 cm³/mol. The summed E-state index contributed by atoms with van der Waals surface area (Å²) in [5, 5.41) is 3.75. The molecule has 21 heavy (non-hydrogen) atoms. The van der Waals surface area contributed by atoms with Gasteiger partial charge in [-0.3, -0.25) is 0 Å². The summed E-state index contributed by atoms with van der Waals surface area (Å²) in [6.45, 7) is 6.00. The zero-order valence-corrected chi connectivity index (χ0v) is 14.7. The van der Waals surface area contributed by atoms with Gasteiger partial charge in [0.25, 0.3) is 0 Å². The van der Waals surface area contributed by atoms with Crippen LogP contribution >= 0.6 is 15.9 Å². The van der Waals surface area contributed by atoms with Crippen LogP contribution in [0.5, 0.6) is 5.75 Å². The minimum Gasteiger partial charge on any atom is -0.494 e. The van der Waals surface area contributed by atoms with E-state index in [1.807, 2.05) is 0 Å². The topological polar surface area (TPSA) is 21.3 Å². The van der Waals surface area contributed by atoms with Gasteiger partial charge in [-0.25, -0.2) is 0 Å². The summed E-state index contributed by atoms with van der Waals surface area (Å²) in [4.78, 5) is 0. The Morgan fingerprint density at radius 1 is 1.29 bits per heavy atom. The third-order valence-electron chi connectivity index (χ3n) is 5.25. The normalized spacial score (nSPS) is 28.8. The number of benzene rings is 1. The van der Waals surface area contributed by atoms with E-state index in [1.165, 1.54) is 31.2 Å². The average molecular weight is 352 g/mol. The average Bonchev–Trinajstić information content (AvgIpc) is 3.10. The molecule has 0 spiro atoms. The summed E-state index contributed by atoms with van der Waals surface area (Å²) in [6, 6.07) is 6.88. The van der Waals surface area contributed by atoms with Gasteiger partial charge in [-0.15, -0.1) is 0 Å². The van der Waals surface area contributed by atoms with Gasteiger partial charge in [0, 0.05) is 16.1 Å². The van der Waals surface area contributed by atoms with E-state index in [2.05, 4.69) is 53.3 Å². The van der Waals surface area contributed by atoms with Crippen LogP contribution in [-0.4, -0.2) is 13.2 Å². The number of ether oxygens (including phenoxy) is 1. The fourth-order valence-corrected chi connectivity index (χ4v) is 4.84. The SMILES string of the molecule is CCNC(c1cc(Br)ccc1OCC)C1CC2CCC1C2. The van der Waals surface area contributed by atoms with Crippen LogP contribution < -0.4 is 10.1 Å². The Bertz CT molecular complexity index is 490. The molecule has 2 saturated carbocycles. The van der Waals surface area contributed by atoms with Crippen LogP contribution in [-0.2, 0) is 0 Å². The maximum atomic E-state index is 5.90. The molecule has 4 atom stereocenters. The highest BCUT2D eigenvalue weighted by atomic mass is 79.9. The van der Waals surface area contributed by atoms with E-state index in [9.17, 15) is 0 Å². The number of rotatable bonds is 6. The molecule has 2 bridgehead atoms.